The number of piperazine rings is 1. The van der Waals surface area contributed by atoms with Crippen LogP contribution in [0.25, 0.3) is 22.2 Å². The van der Waals surface area contributed by atoms with Crippen LogP contribution in [0.3, 0.4) is 0 Å². The number of aromatic nitrogens is 4. The summed E-state index contributed by atoms with van der Waals surface area (Å²) in [6.45, 7) is 9.19. The molecule has 2 aromatic carbocycles. The Bertz CT molecular complexity index is 2840. The molecule has 2 N–H and O–H groups in total. The van der Waals surface area contributed by atoms with Gasteiger partial charge in [-0.3, -0.25) is 43.2 Å². The van der Waals surface area contributed by atoms with Gasteiger partial charge in [0.1, 0.15) is 12.2 Å². The van der Waals surface area contributed by atoms with Crippen molar-refractivity contribution in [3.63, 3.8) is 0 Å². The van der Waals surface area contributed by atoms with E-state index in [1.54, 1.807) is 44.2 Å². The average Bonchev–Trinajstić information content (AvgIpc) is 4.03. The van der Waals surface area contributed by atoms with Crippen molar-refractivity contribution < 1.29 is 28.0 Å². The number of hydrogen-bond donors (Lipinski definition) is 2. The molecule has 0 bridgehead atoms. The Labute approximate surface area is 399 Å². The standard InChI is InChI=1S/C50H60F2N12O5/c1-32(65)61-22-15-40-39(31-61)48(62-18-6-9-34-27-37(35-29-53-56(2)30-35)38(47(51)52)28-43(34)62)55-64(40)36-13-20-60(21-14-36)45(67)16-19-59-25-23-58(24-26-59)17-5-8-33-7-4-10-41-46(33)57(3)50(69)63(41)42-11-12-44(66)54-49(42)68/h4,7,10,27-30,36,42,47-48,55H,6,9,11-26,31H2,1-3H3,(H,54,66,68). The molecule has 17 nitrogen and oxygen atoms in total. The summed E-state index contributed by atoms with van der Waals surface area (Å²) in [5.74, 6) is 5.93. The first kappa shape index (κ1) is 46.4. The lowest BCUT2D eigenvalue weighted by atomic mass is 9.92. The van der Waals surface area contributed by atoms with Crippen molar-refractivity contribution in [2.75, 3.05) is 76.9 Å². The number of rotatable bonds is 9. The van der Waals surface area contributed by atoms with E-state index in [4.69, 9.17) is 0 Å². The zero-order valence-corrected chi connectivity index (χ0v) is 39.6. The van der Waals surface area contributed by atoms with Gasteiger partial charge in [0.15, 0.2) is 0 Å². The van der Waals surface area contributed by atoms with E-state index >= 15 is 0 Å². The van der Waals surface area contributed by atoms with Crippen molar-refractivity contribution in [1.82, 2.24) is 54.3 Å². The molecule has 69 heavy (non-hydrogen) atoms. The normalized spacial score (nSPS) is 21.8. The van der Waals surface area contributed by atoms with E-state index in [2.05, 4.69) is 47.4 Å². The minimum Gasteiger partial charge on any atom is -0.351 e. The van der Waals surface area contributed by atoms with Crippen LogP contribution in [0.4, 0.5) is 14.5 Å². The molecule has 6 aliphatic heterocycles. The Kier molecular flexibility index (Phi) is 12.9. The van der Waals surface area contributed by atoms with Crippen molar-refractivity contribution in [3.05, 3.63) is 81.2 Å². The van der Waals surface area contributed by atoms with Crippen LogP contribution in [-0.4, -0.2) is 151 Å². The summed E-state index contributed by atoms with van der Waals surface area (Å²) in [6.07, 6.45) is 5.26. The highest BCUT2D eigenvalue weighted by molar-refractivity contribution is 6.00. The number of fused-ring (bicyclic) bond motifs is 2. The number of alkyl halides is 2. The summed E-state index contributed by atoms with van der Waals surface area (Å²) in [5, 5.41) is 8.89. The Morgan fingerprint density at radius 2 is 1.70 bits per heavy atom. The fourth-order valence-electron chi connectivity index (χ4n) is 11.3. The lowest BCUT2D eigenvalue weighted by Crippen LogP contribution is -2.55. The van der Waals surface area contributed by atoms with E-state index < -0.39 is 18.4 Å². The highest BCUT2D eigenvalue weighted by Crippen LogP contribution is 2.42. The van der Waals surface area contributed by atoms with Crippen LogP contribution in [0.15, 0.2) is 58.8 Å². The topological polar surface area (TPSA) is 157 Å². The smallest absolute Gasteiger partial charge is 0.329 e. The van der Waals surface area contributed by atoms with Crippen LogP contribution in [0.2, 0.25) is 0 Å². The summed E-state index contributed by atoms with van der Waals surface area (Å²) in [7, 11) is 3.46. The minimum absolute atomic E-state index is 0.0149. The highest BCUT2D eigenvalue weighted by Gasteiger charge is 2.43. The number of likely N-dealkylation sites (tertiary alicyclic amines) is 1. The Hall–Kier alpha value is -6.36. The molecular formula is C50H60F2N12O5. The number of aryl methyl sites for hydroxylation is 3. The van der Waals surface area contributed by atoms with Gasteiger partial charge in [-0.05, 0) is 67.5 Å². The van der Waals surface area contributed by atoms with Gasteiger partial charge in [0, 0.05) is 146 Å². The van der Waals surface area contributed by atoms with Crippen LogP contribution in [0, 0.1) is 11.8 Å². The average molecular weight is 947 g/mol. The predicted octanol–water partition coefficient (Wildman–Crippen LogP) is 3.11. The Morgan fingerprint density at radius 1 is 0.913 bits per heavy atom. The lowest BCUT2D eigenvalue weighted by molar-refractivity contribution is -0.136. The van der Waals surface area contributed by atoms with Crippen molar-refractivity contribution >= 4 is 40.3 Å². The number of nitrogens with zero attached hydrogens (tertiary/aromatic N) is 10. The summed E-state index contributed by atoms with van der Waals surface area (Å²) >= 11 is 0. The molecule has 4 amide bonds. The summed E-state index contributed by atoms with van der Waals surface area (Å²) in [6, 6.07) is 8.48. The van der Waals surface area contributed by atoms with Gasteiger partial charge in [-0.25, -0.2) is 19.0 Å². The van der Waals surface area contributed by atoms with E-state index in [1.165, 1.54) is 14.8 Å². The summed E-state index contributed by atoms with van der Waals surface area (Å²) < 4.78 is 34.1. The lowest BCUT2D eigenvalue weighted by Gasteiger charge is -2.41. The molecule has 0 aliphatic carbocycles. The number of hydrazine groups is 1. The molecule has 0 spiro atoms. The number of benzene rings is 2. The third kappa shape index (κ3) is 9.05. The Morgan fingerprint density at radius 3 is 2.42 bits per heavy atom. The SMILES string of the molecule is CC(=O)N1CCC2=C(C1)C(N1CCCc3cc(-c4cnn(C)c4)c(C(F)F)cc31)NN2C1CCN(C(=O)CCN2CCN(CC#Cc3cccc4c3n(C)c(=O)n4C3CCC(=O)NC3=O)CC2)CC1. The molecule has 6 aliphatic rings. The molecule has 0 radical (unpaired) electrons. The van der Waals surface area contributed by atoms with E-state index in [0.29, 0.717) is 86.4 Å². The molecule has 2 atom stereocenters. The van der Waals surface area contributed by atoms with Gasteiger partial charge in [-0.1, -0.05) is 17.9 Å². The molecule has 4 aromatic rings. The highest BCUT2D eigenvalue weighted by atomic mass is 19.3. The third-order valence-electron chi connectivity index (χ3n) is 15.1. The van der Waals surface area contributed by atoms with Crippen molar-refractivity contribution in [3.8, 4) is 23.0 Å². The molecule has 2 aromatic heterocycles. The first-order valence-electron chi connectivity index (χ1n) is 24.3. The van der Waals surface area contributed by atoms with Gasteiger partial charge in [0.05, 0.1) is 29.3 Å². The number of anilines is 1. The van der Waals surface area contributed by atoms with Gasteiger partial charge in [-0.2, -0.15) is 5.10 Å². The zero-order chi connectivity index (χ0) is 48.1. The molecule has 10 rings (SSSR count). The fourth-order valence-corrected chi connectivity index (χ4v) is 11.3. The maximum Gasteiger partial charge on any atom is 0.329 e. The molecule has 364 valence electrons. The molecule has 19 heteroatoms. The first-order chi connectivity index (χ1) is 33.3. The number of nitrogens with one attached hydrogen (secondary N) is 2. The summed E-state index contributed by atoms with van der Waals surface area (Å²) in [5.41, 5.74) is 10.7. The number of imidazole rings is 1. The predicted molar refractivity (Wildman–Crippen MR) is 255 cm³/mol. The number of halogens is 2. The minimum atomic E-state index is -2.67. The number of para-hydroxylation sites is 1. The van der Waals surface area contributed by atoms with E-state index in [-0.39, 0.29) is 54.0 Å². The molecular weight excluding hydrogens is 887 g/mol. The van der Waals surface area contributed by atoms with Gasteiger partial charge in [0.25, 0.3) is 6.43 Å². The number of piperidine rings is 2. The van der Waals surface area contributed by atoms with Crippen LogP contribution < -0.4 is 21.3 Å². The van der Waals surface area contributed by atoms with Gasteiger partial charge in [0.2, 0.25) is 23.6 Å². The Balaban J connectivity index is 0.733. The zero-order valence-electron chi connectivity index (χ0n) is 39.6. The number of imide groups is 1. The van der Waals surface area contributed by atoms with Crippen molar-refractivity contribution in [2.24, 2.45) is 14.1 Å². The quantitative estimate of drug-likeness (QED) is 0.188. The van der Waals surface area contributed by atoms with Crippen molar-refractivity contribution in [1.29, 1.82) is 0 Å². The number of carbonyl (C=O) groups excluding carboxylic acids is 4. The van der Waals surface area contributed by atoms with Crippen LogP contribution in [0.1, 0.15) is 81.0 Å². The third-order valence-corrected chi connectivity index (χ3v) is 15.1. The monoisotopic (exact) mass is 946 g/mol. The van der Waals surface area contributed by atoms with Gasteiger partial charge < -0.3 is 24.6 Å². The van der Waals surface area contributed by atoms with Crippen molar-refractivity contribution in [2.45, 2.75) is 83.0 Å². The van der Waals surface area contributed by atoms with Gasteiger partial charge in [-0.15, -0.1) is 0 Å². The number of carbonyl (C=O) groups is 4. The van der Waals surface area contributed by atoms with Crippen LogP contribution in [-0.2, 0) is 39.7 Å². The maximum atomic E-state index is 14.8. The molecule has 3 saturated heterocycles. The largest absolute Gasteiger partial charge is 0.351 e. The second kappa shape index (κ2) is 19.2. The van der Waals surface area contributed by atoms with E-state index in [0.717, 1.165) is 68.7 Å². The van der Waals surface area contributed by atoms with Crippen LogP contribution >= 0.6 is 0 Å². The number of amides is 4. The molecule has 8 heterocycles. The number of hydrogen-bond acceptors (Lipinski definition) is 11. The molecule has 2 unspecified atom stereocenters. The summed E-state index contributed by atoms with van der Waals surface area (Å²) in [4.78, 5) is 74.8. The molecule has 3 fully saturated rings. The van der Waals surface area contributed by atoms with E-state index in [1.807, 2.05) is 34.1 Å². The fraction of sp³-hybridized carbons (Fsp3) is 0.520. The van der Waals surface area contributed by atoms with Gasteiger partial charge >= 0.3 is 5.69 Å². The second-order valence-electron chi connectivity index (χ2n) is 19.3. The maximum absolute atomic E-state index is 14.8. The second-order valence-corrected chi connectivity index (χ2v) is 19.3. The van der Waals surface area contributed by atoms with Crippen LogP contribution in [0.5, 0.6) is 0 Å². The molecule has 0 saturated carbocycles. The van der Waals surface area contributed by atoms with E-state index in [9.17, 15) is 32.8 Å². The first-order valence-corrected chi connectivity index (χ1v) is 24.3.